The van der Waals surface area contributed by atoms with Gasteiger partial charge in [-0.1, -0.05) is 18.2 Å². The van der Waals surface area contributed by atoms with Crippen molar-refractivity contribution in [2.75, 3.05) is 33.9 Å². The number of para-hydroxylation sites is 2. The number of benzene rings is 2. The predicted octanol–water partition coefficient (Wildman–Crippen LogP) is 4.11. The first-order valence-electron chi connectivity index (χ1n) is 10.5. The van der Waals surface area contributed by atoms with E-state index in [1.165, 1.54) is 0 Å². The number of nitrogens with zero attached hydrogens (tertiary/aromatic N) is 1. The first-order chi connectivity index (χ1) is 14.6. The third-order valence-electron chi connectivity index (χ3n) is 5.31. The molecule has 1 heterocycles. The first kappa shape index (κ1) is 21.8. The molecule has 162 valence electrons. The minimum Gasteiger partial charge on any atom is -0.493 e. The summed E-state index contributed by atoms with van der Waals surface area (Å²) in [5.74, 6) is 3.11. The molecule has 1 aliphatic heterocycles. The van der Waals surface area contributed by atoms with Crippen molar-refractivity contribution in [1.82, 2.24) is 4.90 Å². The quantitative estimate of drug-likeness (QED) is 0.619. The fourth-order valence-electron chi connectivity index (χ4n) is 3.67. The Kier molecular flexibility index (Phi) is 7.82. The molecule has 2 aromatic rings. The molecule has 0 unspecified atom stereocenters. The van der Waals surface area contributed by atoms with Crippen LogP contribution < -0.4 is 18.9 Å². The number of aryl methyl sites for hydroxylation is 1. The van der Waals surface area contributed by atoms with E-state index in [0.717, 1.165) is 29.9 Å². The molecular formula is C24H31NO5. The topological polar surface area (TPSA) is 57.2 Å². The highest BCUT2D eigenvalue weighted by Gasteiger charge is 2.24. The van der Waals surface area contributed by atoms with Crippen molar-refractivity contribution in [1.29, 1.82) is 0 Å². The summed E-state index contributed by atoms with van der Waals surface area (Å²) >= 11 is 0. The van der Waals surface area contributed by atoms with Crippen LogP contribution >= 0.6 is 0 Å². The molecule has 1 aliphatic rings. The summed E-state index contributed by atoms with van der Waals surface area (Å²) in [6.07, 6.45) is 2.90. The van der Waals surface area contributed by atoms with Gasteiger partial charge in [0.05, 0.1) is 20.8 Å². The Labute approximate surface area is 178 Å². The van der Waals surface area contributed by atoms with E-state index in [1.807, 2.05) is 54.3 Å². The predicted molar refractivity (Wildman–Crippen MR) is 116 cm³/mol. The number of ether oxygens (including phenoxy) is 4. The van der Waals surface area contributed by atoms with Crippen LogP contribution in [0.2, 0.25) is 0 Å². The van der Waals surface area contributed by atoms with E-state index in [4.69, 9.17) is 18.9 Å². The van der Waals surface area contributed by atoms with Gasteiger partial charge in [-0.25, -0.2) is 0 Å². The Bertz CT molecular complexity index is 830. The minimum absolute atomic E-state index is 0.0986. The van der Waals surface area contributed by atoms with Crippen LogP contribution in [0, 0.1) is 0 Å². The zero-order valence-electron chi connectivity index (χ0n) is 18.1. The summed E-state index contributed by atoms with van der Waals surface area (Å²) < 4.78 is 22.4. The molecule has 2 aromatic carbocycles. The number of likely N-dealkylation sites (tertiary alicyclic amines) is 1. The van der Waals surface area contributed by atoms with E-state index in [2.05, 4.69) is 0 Å². The summed E-state index contributed by atoms with van der Waals surface area (Å²) in [5, 5.41) is 0. The van der Waals surface area contributed by atoms with Gasteiger partial charge in [0, 0.05) is 32.4 Å². The zero-order chi connectivity index (χ0) is 21.3. The van der Waals surface area contributed by atoms with Crippen LogP contribution in [0.4, 0.5) is 0 Å². The number of hydrogen-bond acceptors (Lipinski definition) is 5. The largest absolute Gasteiger partial charge is 0.493 e. The standard InChI is InChI=1S/C24H31NO5/c1-4-29-21-7-5-6-8-22(21)30-19-13-15-25(16-14-19)24(26)12-10-18-9-11-20(27-2)23(17-18)28-3/h5-9,11,17,19H,4,10,12-16H2,1-3H3. The van der Waals surface area contributed by atoms with Gasteiger partial charge in [0.15, 0.2) is 23.0 Å². The maximum Gasteiger partial charge on any atom is 0.222 e. The number of rotatable bonds is 9. The van der Waals surface area contributed by atoms with Gasteiger partial charge in [0.2, 0.25) is 5.91 Å². The number of methoxy groups -OCH3 is 2. The molecule has 0 aliphatic carbocycles. The first-order valence-corrected chi connectivity index (χ1v) is 10.5. The molecule has 0 bridgehead atoms. The number of carbonyl (C=O) groups excluding carboxylic acids is 1. The number of carbonyl (C=O) groups is 1. The second kappa shape index (κ2) is 10.8. The van der Waals surface area contributed by atoms with E-state index in [-0.39, 0.29) is 12.0 Å². The highest BCUT2D eigenvalue weighted by atomic mass is 16.5. The molecule has 0 radical (unpaired) electrons. The van der Waals surface area contributed by atoms with Crippen molar-refractivity contribution in [3.05, 3.63) is 48.0 Å². The van der Waals surface area contributed by atoms with E-state index in [9.17, 15) is 4.79 Å². The van der Waals surface area contributed by atoms with Gasteiger partial charge in [-0.15, -0.1) is 0 Å². The lowest BCUT2D eigenvalue weighted by atomic mass is 10.1. The summed E-state index contributed by atoms with van der Waals surface area (Å²) in [6.45, 7) is 3.99. The SMILES string of the molecule is CCOc1ccccc1OC1CCN(C(=O)CCc2ccc(OC)c(OC)c2)CC1. The van der Waals surface area contributed by atoms with E-state index in [0.29, 0.717) is 44.0 Å². The summed E-state index contributed by atoms with van der Waals surface area (Å²) in [5.41, 5.74) is 1.06. The van der Waals surface area contributed by atoms with Gasteiger partial charge in [-0.2, -0.15) is 0 Å². The third-order valence-corrected chi connectivity index (χ3v) is 5.31. The smallest absolute Gasteiger partial charge is 0.222 e. The monoisotopic (exact) mass is 413 g/mol. The van der Waals surface area contributed by atoms with Crippen molar-refractivity contribution in [3.63, 3.8) is 0 Å². The molecule has 6 heteroatoms. The third kappa shape index (κ3) is 5.59. The summed E-state index contributed by atoms with van der Waals surface area (Å²) in [6, 6.07) is 13.5. The van der Waals surface area contributed by atoms with Gasteiger partial charge in [0.1, 0.15) is 6.10 Å². The Morgan fingerprint density at radius 2 is 1.67 bits per heavy atom. The van der Waals surface area contributed by atoms with Gasteiger partial charge in [-0.05, 0) is 43.2 Å². The Morgan fingerprint density at radius 1 is 0.967 bits per heavy atom. The van der Waals surface area contributed by atoms with Crippen molar-refractivity contribution in [2.24, 2.45) is 0 Å². The van der Waals surface area contributed by atoms with Crippen molar-refractivity contribution >= 4 is 5.91 Å². The van der Waals surface area contributed by atoms with Crippen LogP contribution in [0.25, 0.3) is 0 Å². The number of piperidine rings is 1. The summed E-state index contributed by atoms with van der Waals surface area (Å²) in [7, 11) is 3.23. The molecule has 6 nitrogen and oxygen atoms in total. The van der Waals surface area contributed by atoms with Crippen LogP contribution in [0.1, 0.15) is 31.7 Å². The zero-order valence-corrected chi connectivity index (χ0v) is 18.1. The van der Waals surface area contributed by atoms with E-state index < -0.39 is 0 Å². The molecule has 1 saturated heterocycles. The van der Waals surface area contributed by atoms with Crippen molar-refractivity contribution < 1.29 is 23.7 Å². The van der Waals surface area contributed by atoms with Crippen LogP contribution in [-0.2, 0) is 11.2 Å². The van der Waals surface area contributed by atoms with E-state index >= 15 is 0 Å². The lowest BCUT2D eigenvalue weighted by molar-refractivity contribution is -0.132. The Hall–Kier alpha value is -2.89. The number of amides is 1. The molecule has 30 heavy (non-hydrogen) atoms. The summed E-state index contributed by atoms with van der Waals surface area (Å²) in [4.78, 5) is 14.6. The van der Waals surface area contributed by atoms with Gasteiger partial charge in [0.25, 0.3) is 0 Å². The second-order valence-electron chi connectivity index (χ2n) is 7.27. The van der Waals surface area contributed by atoms with Gasteiger partial charge in [-0.3, -0.25) is 4.79 Å². The maximum absolute atomic E-state index is 12.7. The fraction of sp³-hybridized carbons (Fsp3) is 0.458. The lowest BCUT2D eigenvalue weighted by Crippen LogP contribution is -2.41. The molecule has 0 atom stereocenters. The normalized spacial score (nSPS) is 14.3. The average molecular weight is 414 g/mol. The van der Waals surface area contributed by atoms with Crippen LogP contribution in [0.5, 0.6) is 23.0 Å². The molecule has 0 saturated carbocycles. The Balaban J connectivity index is 1.47. The van der Waals surface area contributed by atoms with Crippen molar-refractivity contribution in [3.8, 4) is 23.0 Å². The highest BCUT2D eigenvalue weighted by molar-refractivity contribution is 5.76. The molecule has 0 aromatic heterocycles. The van der Waals surface area contributed by atoms with Gasteiger partial charge < -0.3 is 23.8 Å². The fourth-order valence-corrected chi connectivity index (χ4v) is 3.67. The second-order valence-corrected chi connectivity index (χ2v) is 7.27. The van der Waals surface area contributed by atoms with Crippen molar-refractivity contribution in [2.45, 2.75) is 38.7 Å². The highest BCUT2D eigenvalue weighted by Crippen LogP contribution is 2.30. The van der Waals surface area contributed by atoms with Crippen LogP contribution in [-0.4, -0.2) is 50.8 Å². The lowest BCUT2D eigenvalue weighted by Gasteiger charge is -2.32. The van der Waals surface area contributed by atoms with Crippen LogP contribution in [0.3, 0.4) is 0 Å². The molecular weight excluding hydrogens is 382 g/mol. The number of hydrogen-bond donors (Lipinski definition) is 0. The minimum atomic E-state index is 0.0986. The molecule has 0 spiro atoms. The van der Waals surface area contributed by atoms with Gasteiger partial charge >= 0.3 is 0 Å². The molecule has 3 rings (SSSR count). The van der Waals surface area contributed by atoms with E-state index in [1.54, 1.807) is 14.2 Å². The molecule has 1 amide bonds. The average Bonchev–Trinajstić information content (AvgIpc) is 2.79. The molecule has 1 fully saturated rings. The Morgan fingerprint density at radius 3 is 2.33 bits per heavy atom. The maximum atomic E-state index is 12.7. The van der Waals surface area contributed by atoms with Crippen LogP contribution in [0.15, 0.2) is 42.5 Å². The molecule has 0 N–H and O–H groups in total.